The van der Waals surface area contributed by atoms with Crippen LogP contribution in [0.3, 0.4) is 0 Å². The Morgan fingerprint density at radius 1 is 1.24 bits per heavy atom. The van der Waals surface area contributed by atoms with Gasteiger partial charge in [0.15, 0.2) is 0 Å². The number of hydrogen-bond donors (Lipinski definition) is 1. The molecular weight excluding hydrogens is 262 g/mol. The lowest BCUT2D eigenvalue weighted by atomic mass is 9.80. The van der Waals surface area contributed by atoms with E-state index in [1.165, 1.54) is 31.2 Å². The summed E-state index contributed by atoms with van der Waals surface area (Å²) in [6, 6.07) is 4.19. The van der Waals surface area contributed by atoms with Crippen LogP contribution in [0.15, 0.2) is 6.07 Å². The molecule has 0 aliphatic heterocycles. The fourth-order valence-electron chi connectivity index (χ4n) is 3.64. The van der Waals surface area contributed by atoms with Crippen LogP contribution in [0.1, 0.15) is 48.9 Å². The Morgan fingerprint density at radius 2 is 2.05 bits per heavy atom. The number of aryl methyl sites for hydroxylation is 2. The van der Waals surface area contributed by atoms with Crippen LogP contribution in [0.4, 0.5) is 0 Å². The number of pyridine rings is 1. The molecule has 4 heteroatoms. The van der Waals surface area contributed by atoms with Gasteiger partial charge in [-0.05, 0) is 62.1 Å². The van der Waals surface area contributed by atoms with Crippen molar-refractivity contribution in [2.75, 3.05) is 13.2 Å². The molecule has 1 fully saturated rings. The summed E-state index contributed by atoms with van der Waals surface area (Å²) in [6.07, 6.45) is 8.09. The van der Waals surface area contributed by atoms with Crippen LogP contribution >= 0.6 is 0 Å². The first-order valence-corrected chi connectivity index (χ1v) is 8.07. The lowest BCUT2D eigenvalue weighted by Gasteiger charge is -2.30. The Morgan fingerprint density at radius 3 is 2.81 bits per heavy atom. The minimum atomic E-state index is 0.505. The average molecular weight is 285 g/mol. The summed E-state index contributed by atoms with van der Waals surface area (Å²) in [5.41, 5.74) is 8.78. The van der Waals surface area contributed by atoms with E-state index in [9.17, 15) is 5.26 Å². The number of ether oxygens (including phenoxy) is 1. The van der Waals surface area contributed by atoms with E-state index in [0.717, 1.165) is 31.5 Å². The second-order valence-electron chi connectivity index (χ2n) is 6.26. The van der Waals surface area contributed by atoms with Crippen molar-refractivity contribution in [3.63, 3.8) is 0 Å². The molecule has 112 valence electrons. The molecule has 1 aromatic rings. The highest BCUT2D eigenvalue weighted by Gasteiger charge is 2.25. The van der Waals surface area contributed by atoms with Crippen LogP contribution < -0.4 is 10.5 Å². The summed E-state index contributed by atoms with van der Waals surface area (Å²) < 4.78 is 5.94. The molecule has 1 saturated carbocycles. The molecule has 2 N–H and O–H groups in total. The second kappa shape index (κ2) is 6.44. The van der Waals surface area contributed by atoms with E-state index in [0.29, 0.717) is 29.9 Å². The Hall–Kier alpha value is -1.60. The standard InChI is InChI=1S/C17H23N3O/c18-9-13-4-1-2-5-14(13)11-21-17-15(10-19)8-12-6-3-7-16(12)20-17/h8,13-14H,1-7,9,11,18H2. The van der Waals surface area contributed by atoms with Crippen molar-refractivity contribution in [3.8, 4) is 11.9 Å². The number of hydrogen-bond acceptors (Lipinski definition) is 4. The highest BCUT2D eigenvalue weighted by atomic mass is 16.5. The lowest BCUT2D eigenvalue weighted by molar-refractivity contribution is 0.149. The van der Waals surface area contributed by atoms with E-state index in [2.05, 4.69) is 11.1 Å². The van der Waals surface area contributed by atoms with E-state index in [4.69, 9.17) is 10.5 Å². The Balaban J connectivity index is 1.71. The molecule has 1 aromatic heterocycles. The molecule has 0 aromatic carbocycles. The number of rotatable bonds is 4. The van der Waals surface area contributed by atoms with Gasteiger partial charge in [-0.15, -0.1) is 0 Å². The first-order valence-electron chi connectivity index (χ1n) is 8.07. The van der Waals surface area contributed by atoms with Crippen molar-refractivity contribution >= 4 is 0 Å². The molecule has 2 aliphatic rings. The molecule has 4 nitrogen and oxygen atoms in total. The first kappa shape index (κ1) is 14.3. The summed E-state index contributed by atoms with van der Waals surface area (Å²) in [5, 5.41) is 9.29. The molecule has 3 rings (SSSR count). The van der Waals surface area contributed by atoms with Gasteiger partial charge >= 0.3 is 0 Å². The molecule has 1 heterocycles. The van der Waals surface area contributed by atoms with Gasteiger partial charge in [-0.3, -0.25) is 0 Å². The van der Waals surface area contributed by atoms with E-state index in [-0.39, 0.29) is 0 Å². The van der Waals surface area contributed by atoms with Gasteiger partial charge in [0.1, 0.15) is 11.6 Å². The third kappa shape index (κ3) is 3.03. The minimum absolute atomic E-state index is 0.505. The summed E-state index contributed by atoms with van der Waals surface area (Å²) in [6.45, 7) is 1.37. The summed E-state index contributed by atoms with van der Waals surface area (Å²) >= 11 is 0. The normalized spacial score (nSPS) is 24.4. The zero-order chi connectivity index (χ0) is 14.7. The predicted molar refractivity (Wildman–Crippen MR) is 81.0 cm³/mol. The number of nitrogens with zero attached hydrogens (tertiary/aromatic N) is 2. The van der Waals surface area contributed by atoms with Gasteiger partial charge in [-0.2, -0.15) is 5.26 Å². The van der Waals surface area contributed by atoms with Crippen molar-refractivity contribution in [3.05, 3.63) is 22.9 Å². The average Bonchev–Trinajstić information content (AvgIpc) is 2.99. The summed E-state index contributed by atoms with van der Waals surface area (Å²) in [5.74, 6) is 1.59. The molecule has 21 heavy (non-hydrogen) atoms. The lowest BCUT2D eigenvalue weighted by Crippen LogP contribution is -2.31. The van der Waals surface area contributed by atoms with E-state index < -0.39 is 0 Å². The molecule has 2 aliphatic carbocycles. The number of nitrogens with two attached hydrogens (primary N) is 1. The van der Waals surface area contributed by atoms with Gasteiger partial charge in [-0.1, -0.05) is 12.8 Å². The highest BCUT2D eigenvalue weighted by molar-refractivity contribution is 5.44. The number of nitriles is 1. The maximum Gasteiger partial charge on any atom is 0.231 e. The van der Waals surface area contributed by atoms with Gasteiger partial charge in [0.2, 0.25) is 5.88 Å². The van der Waals surface area contributed by atoms with Crippen molar-refractivity contribution in [2.24, 2.45) is 17.6 Å². The topological polar surface area (TPSA) is 71.9 Å². The van der Waals surface area contributed by atoms with Crippen LogP contribution in [0.5, 0.6) is 5.88 Å². The minimum Gasteiger partial charge on any atom is -0.476 e. The molecule has 2 unspecified atom stereocenters. The molecule has 0 saturated heterocycles. The second-order valence-corrected chi connectivity index (χ2v) is 6.26. The van der Waals surface area contributed by atoms with Gasteiger partial charge in [0.05, 0.1) is 6.61 Å². The van der Waals surface area contributed by atoms with Gasteiger partial charge in [0, 0.05) is 5.69 Å². The van der Waals surface area contributed by atoms with Crippen LogP contribution in [-0.4, -0.2) is 18.1 Å². The monoisotopic (exact) mass is 285 g/mol. The summed E-state index contributed by atoms with van der Waals surface area (Å²) in [7, 11) is 0. The largest absolute Gasteiger partial charge is 0.476 e. The summed E-state index contributed by atoms with van der Waals surface area (Å²) in [4.78, 5) is 4.58. The molecule has 0 spiro atoms. The fraction of sp³-hybridized carbons (Fsp3) is 0.647. The quantitative estimate of drug-likeness (QED) is 0.923. The van der Waals surface area contributed by atoms with Gasteiger partial charge < -0.3 is 10.5 Å². The van der Waals surface area contributed by atoms with E-state index >= 15 is 0 Å². The SMILES string of the molecule is N#Cc1cc2c(nc1OCC1CCCCC1CN)CCC2. The highest BCUT2D eigenvalue weighted by Crippen LogP contribution is 2.31. The zero-order valence-electron chi connectivity index (χ0n) is 12.5. The number of fused-ring (bicyclic) bond motifs is 1. The molecule has 0 radical (unpaired) electrons. The predicted octanol–water partition coefficient (Wildman–Crippen LogP) is 2.59. The third-order valence-electron chi connectivity index (χ3n) is 4.94. The van der Waals surface area contributed by atoms with Crippen LogP contribution in [0, 0.1) is 23.2 Å². The molecule has 0 amide bonds. The molecular formula is C17H23N3O. The smallest absolute Gasteiger partial charge is 0.231 e. The van der Waals surface area contributed by atoms with Crippen molar-refractivity contribution in [1.82, 2.24) is 4.98 Å². The molecule has 0 bridgehead atoms. The third-order valence-corrected chi connectivity index (χ3v) is 4.94. The van der Waals surface area contributed by atoms with Crippen LogP contribution in [0.25, 0.3) is 0 Å². The van der Waals surface area contributed by atoms with Crippen molar-refractivity contribution in [1.29, 1.82) is 5.26 Å². The Kier molecular flexibility index (Phi) is 4.40. The van der Waals surface area contributed by atoms with Gasteiger partial charge in [-0.25, -0.2) is 4.98 Å². The van der Waals surface area contributed by atoms with E-state index in [1.54, 1.807) is 0 Å². The maximum absolute atomic E-state index is 9.29. The van der Waals surface area contributed by atoms with Crippen molar-refractivity contribution in [2.45, 2.75) is 44.9 Å². The molecule has 2 atom stereocenters. The van der Waals surface area contributed by atoms with Gasteiger partial charge in [0.25, 0.3) is 0 Å². The zero-order valence-corrected chi connectivity index (χ0v) is 12.5. The van der Waals surface area contributed by atoms with Crippen molar-refractivity contribution < 1.29 is 4.74 Å². The van der Waals surface area contributed by atoms with Crippen LogP contribution in [0.2, 0.25) is 0 Å². The van der Waals surface area contributed by atoms with Crippen LogP contribution in [-0.2, 0) is 12.8 Å². The number of aromatic nitrogens is 1. The van der Waals surface area contributed by atoms with E-state index in [1.807, 2.05) is 6.07 Å². The fourth-order valence-corrected chi connectivity index (χ4v) is 3.64. The first-order chi connectivity index (χ1) is 10.3. The Bertz CT molecular complexity index is 550. The Labute approximate surface area is 126 Å². The maximum atomic E-state index is 9.29.